The zero-order valence-corrected chi connectivity index (χ0v) is 11.4. The van der Waals surface area contributed by atoms with Gasteiger partial charge in [-0.3, -0.25) is 5.84 Å². The van der Waals surface area contributed by atoms with Gasteiger partial charge in [-0.25, -0.2) is 5.43 Å². The van der Waals surface area contributed by atoms with E-state index >= 15 is 0 Å². The summed E-state index contributed by atoms with van der Waals surface area (Å²) < 4.78 is 5.42. The number of furan rings is 1. The molecule has 0 saturated heterocycles. The Labute approximate surface area is 116 Å². The number of benzene rings is 1. The molecule has 1 atom stereocenters. The van der Waals surface area contributed by atoms with Crippen LogP contribution in [-0.4, -0.2) is 0 Å². The molecule has 0 spiro atoms. The number of rotatable bonds is 4. The highest BCUT2D eigenvalue weighted by atomic mass is 35.5. The first-order chi connectivity index (χ1) is 8.69. The molecule has 0 bridgehead atoms. The van der Waals surface area contributed by atoms with Crippen LogP contribution in [0.1, 0.15) is 29.9 Å². The summed E-state index contributed by atoms with van der Waals surface area (Å²) in [7, 11) is 0. The predicted octanol–water partition coefficient (Wildman–Crippen LogP) is 3.70. The number of nitrogens with two attached hydrogens (primary N) is 1. The van der Waals surface area contributed by atoms with Gasteiger partial charge in [-0.2, -0.15) is 0 Å². The maximum absolute atomic E-state index is 6.22. The Balaban J connectivity index is 2.49. The van der Waals surface area contributed by atoms with E-state index in [0.717, 1.165) is 23.3 Å². The normalized spacial score (nSPS) is 12.7. The number of hydrazine groups is 1. The quantitative estimate of drug-likeness (QED) is 0.665. The molecule has 0 radical (unpaired) electrons. The van der Waals surface area contributed by atoms with Crippen molar-refractivity contribution >= 4 is 23.2 Å². The second-order valence-electron chi connectivity index (χ2n) is 3.90. The van der Waals surface area contributed by atoms with E-state index in [2.05, 4.69) is 5.43 Å². The summed E-state index contributed by atoms with van der Waals surface area (Å²) in [5.41, 5.74) is 4.57. The Kier molecular flexibility index (Phi) is 4.30. The van der Waals surface area contributed by atoms with Gasteiger partial charge in [0.1, 0.15) is 5.76 Å². The number of aryl methyl sites for hydroxylation is 1. The van der Waals surface area contributed by atoms with Crippen LogP contribution in [0.3, 0.4) is 0 Å². The van der Waals surface area contributed by atoms with Gasteiger partial charge >= 0.3 is 0 Å². The van der Waals surface area contributed by atoms with Gasteiger partial charge in [-0.1, -0.05) is 42.3 Å². The molecule has 2 rings (SSSR count). The van der Waals surface area contributed by atoms with E-state index in [1.807, 2.05) is 25.1 Å². The lowest BCUT2D eigenvalue weighted by molar-refractivity contribution is 0.502. The van der Waals surface area contributed by atoms with Crippen molar-refractivity contribution in [3.63, 3.8) is 0 Å². The molecule has 96 valence electrons. The van der Waals surface area contributed by atoms with E-state index in [9.17, 15) is 0 Å². The maximum Gasteiger partial charge on any atom is 0.108 e. The van der Waals surface area contributed by atoms with E-state index in [0.29, 0.717) is 10.0 Å². The molecule has 3 N–H and O–H groups in total. The average Bonchev–Trinajstić information content (AvgIpc) is 2.83. The van der Waals surface area contributed by atoms with Crippen LogP contribution in [-0.2, 0) is 6.42 Å². The standard InChI is InChI=1S/C13H14Cl2N2O/c1-2-11-8(6-7-18-11)13(17-16)9-4-3-5-10(14)12(9)15/h3-7,13,17H,2,16H2,1H3. The molecule has 1 aromatic carbocycles. The largest absolute Gasteiger partial charge is 0.469 e. The van der Waals surface area contributed by atoms with Crippen LogP contribution < -0.4 is 11.3 Å². The molecule has 0 aliphatic rings. The fraction of sp³-hybridized carbons (Fsp3) is 0.231. The molecule has 18 heavy (non-hydrogen) atoms. The average molecular weight is 285 g/mol. The Bertz CT molecular complexity index is 540. The van der Waals surface area contributed by atoms with E-state index in [1.54, 1.807) is 12.3 Å². The molecule has 2 aromatic rings. The molecule has 5 heteroatoms. The monoisotopic (exact) mass is 284 g/mol. The Morgan fingerprint density at radius 2 is 2.06 bits per heavy atom. The van der Waals surface area contributed by atoms with Crippen molar-refractivity contribution in [3.8, 4) is 0 Å². The van der Waals surface area contributed by atoms with Gasteiger partial charge in [0.25, 0.3) is 0 Å². The minimum Gasteiger partial charge on any atom is -0.469 e. The first kappa shape index (κ1) is 13.4. The first-order valence-electron chi connectivity index (χ1n) is 5.65. The molecular formula is C13H14Cl2N2O. The molecule has 0 aliphatic heterocycles. The van der Waals surface area contributed by atoms with Gasteiger partial charge in [0, 0.05) is 12.0 Å². The SMILES string of the molecule is CCc1occc1C(NN)c1cccc(Cl)c1Cl. The van der Waals surface area contributed by atoms with Crippen molar-refractivity contribution in [2.75, 3.05) is 0 Å². The second-order valence-corrected chi connectivity index (χ2v) is 4.68. The van der Waals surface area contributed by atoms with E-state index < -0.39 is 0 Å². The zero-order chi connectivity index (χ0) is 13.1. The summed E-state index contributed by atoms with van der Waals surface area (Å²) in [6, 6.07) is 7.15. The van der Waals surface area contributed by atoms with Crippen molar-refractivity contribution in [1.82, 2.24) is 5.43 Å². The highest BCUT2D eigenvalue weighted by Crippen LogP contribution is 2.34. The van der Waals surface area contributed by atoms with Gasteiger partial charge in [0.15, 0.2) is 0 Å². The minimum absolute atomic E-state index is 0.232. The summed E-state index contributed by atoms with van der Waals surface area (Å²) in [5.74, 6) is 6.53. The van der Waals surface area contributed by atoms with Gasteiger partial charge in [-0.05, 0) is 17.7 Å². The first-order valence-corrected chi connectivity index (χ1v) is 6.41. The van der Waals surface area contributed by atoms with Crippen LogP contribution in [0.5, 0.6) is 0 Å². The maximum atomic E-state index is 6.22. The van der Waals surface area contributed by atoms with E-state index in [4.69, 9.17) is 33.5 Å². The third kappa shape index (κ3) is 2.40. The van der Waals surface area contributed by atoms with Crippen LogP contribution in [0.4, 0.5) is 0 Å². The highest BCUT2D eigenvalue weighted by Gasteiger charge is 2.21. The number of hydrogen-bond acceptors (Lipinski definition) is 3. The zero-order valence-electron chi connectivity index (χ0n) is 9.91. The fourth-order valence-corrected chi connectivity index (χ4v) is 2.40. The molecule has 3 nitrogen and oxygen atoms in total. The van der Waals surface area contributed by atoms with Crippen molar-refractivity contribution in [2.45, 2.75) is 19.4 Å². The third-order valence-corrected chi connectivity index (χ3v) is 3.70. The summed E-state index contributed by atoms with van der Waals surface area (Å²) in [5, 5.41) is 1.02. The van der Waals surface area contributed by atoms with Crippen LogP contribution in [0.2, 0.25) is 10.0 Å². The molecular weight excluding hydrogens is 271 g/mol. The number of hydrogen-bond donors (Lipinski definition) is 2. The number of halogens is 2. The van der Waals surface area contributed by atoms with Gasteiger partial charge in [0.05, 0.1) is 22.4 Å². The second kappa shape index (κ2) is 5.76. The Morgan fingerprint density at radius 3 is 2.72 bits per heavy atom. The molecule has 0 amide bonds. The molecule has 1 heterocycles. The summed E-state index contributed by atoms with van der Waals surface area (Å²) in [4.78, 5) is 0. The summed E-state index contributed by atoms with van der Waals surface area (Å²) >= 11 is 12.2. The minimum atomic E-state index is -0.232. The molecule has 0 saturated carbocycles. The van der Waals surface area contributed by atoms with E-state index in [1.165, 1.54) is 0 Å². The molecule has 0 fully saturated rings. The molecule has 1 aromatic heterocycles. The van der Waals surface area contributed by atoms with Crippen molar-refractivity contribution in [3.05, 3.63) is 57.5 Å². The lowest BCUT2D eigenvalue weighted by Gasteiger charge is -2.18. The van der Waals surface area contributed by atoms with Crippen LogP contribution in [0.25, 0.3) is 0 Å². The fourth-order valence-electron chi connectivity index (χ4n) is 1.99. The van der Waals surface area contributed by atoms with Crippen LogP contribution in [0, 0.1) is 0 Å². The number of nitrogens with one attached hydrogen (secondary N) is 1. The Morgan fingerprint density at radius 1 is 1.28 bits per heavy atom. The van der Waals surface area contributed by atoms with Crippen molar-refractivity contribution in [1.29, 1.82) is 0 Å². The lowest BCUT2D eigenvalue weighted by atomic mass is 9.99. The van der Waals surface area contributed by atoms with Gasteiger partial charge in [-0.15, -0.1) is 0 Å². The van der Waals surface area contributed by atoms with Crippen LogP contribution >= 0.6 is 23.2 Å². The van der Waals surface area contributed by atoms with E-state index in [-0.39, 0.29) is 6.04 Å². The third-order valence-electron chi connectivity index (χ3n) is 2.87. The highest BCUT2D eigenvalue weighted by molar-refractivity contribution is 6.42. The Hall–Kier alpha value is -1.000. The van der Waals surface area contributed by atoms with Gasteiger partial charge in [0.2, 0.25) is 0 Å². The topological polar surface area (TPSA) is 51.2 Å². The van der Waals surface area contributed by atoms with Crippen molar-refractivity contribution in [2.24, 2.45) is 5.84 Å². The lowest BCUT2D eigenvalue weighted by Crippen LogP contribution is -2.29. The molecule has 1 unspecified atom stereocenters. The van der Waals surface area contributed by atoms with Gasteiger partial charge < -0.3 is 4.42 Å². The molecule has 0 aliphatic carbocycles. The predicted molar refractivity (Wildman–Crippen MR) is 73.7 cm³/mol. The smallest absolute Gasteiger partial charge is 0.108 e. The van der Waals surface area contributed by atoms with Crippen LogP contribution in [0.15, 0.2) is 34.9 Å². The summed E-state index contributed by atoms with van der Waals surface area (Å²) in [6.07, 6.45) is 2.44. The summed E-state index contributed by atoms with van der Waals surface area (Å²) in [6.45, 7) is 2.02. The van der Waals surface area contributed by atoms with Crippen molar-refractivity contribution < 1.29 is 4.42 Å².